The lowest BCUT2D eigenvalue weighted by Crippen LogP contribution is -2.32. The number of nitrogens with one attached hydrogen (secondary N) is 1. The molecular weight excluding hydrogens is 293 g/mol. The Morgan fingerprint density at radius 2 is 1.42 bits per heavy atom. The van der Waals surface area contributed by atoms with Gasteiger partial charge in [-0.3, -0.25) is 0 Å². The number of hydrogen-bond acceptors (Lipinski definition) is 4. The van der Waals surface area contributed by atoms with Gasteiger partial charge in [-0.2, -0.15) is 8.42 Å². The van der Waals surface area contributed by atoms with Gasteiger partial charge in [-0.05, 0) is 37.1 Å². The predicted octanol–water partition coefficient (Wildman–Crippen LogP) is 1.57. The van der Waals surface area contributed by atoms with Crippen LogP contribution in [0.4, 0.5) is 3.89 Å². The summed E-state index contributed by atoms with van der Waals surface area (Å²) in [6.45, 7) is 0. The predicted molar refractivity (Wildman–Crippen MR) is 67.3 cm³/mol. The number of hydrogen-bond donors (Lipinski definition) is 1. The highest BCUT2D eigenvalue weighted by molar-refractivity contribution is 7.89. The monoisotopic (exact) mass is 307 g/mol. The minimum absolute atomic E-state index is 0.0631. The minimum Gasteiger partial charge on any atom is -0.208 e. The molecule has 0 bridgehead atoms. The molecular formula is C11H14FNO4S2. The van der Waals surface area contributed by atoms with E-state index in [1.807, 2.05) is 0 Å². The van der Waals surface area contributed by atoms with Crippen LogP contribution >= 0.6 is 0 Å². The molecule has 1 N–H and O–H groups in total. The van der Waals surface area contributed by atoms with E-state index in [0.717, 1.165) is 49.9 Å². The number of sulfonamides is 1. The molecule has 1 aliphatic carbocycles. The quantitative estimate of drug-likeness (QED) is 0.856. The first kappa shape index (κ1) is 14.4. The van der Waals surface area contributed by atoms with E-state index >= 15 is 0 Å². The SMILES string of the molecule is O=S(=O)(F)c1ccc(S(=O)(=O)NC2CCCC2)cc1. The van der Waals surface area contributed by atoms with Gasteiger partial charge in [0.2, 0.25) is 10.0 Å². The first-order chi connectivity index (χ1) is 8.79. The van der Waals surface area contributed by atoms with Crippen LogP contribution in [-0.2, 0) is 20.2 Å². The fourth-order valence-corrected chi connectivity index (χ4v) is 3.88. The van der Waals surface area contributed by atoms with Crippen molar-refractivity contribution in [1.82, 2.24) is 4.72 Å². The van der Waals surface area contributed by atoms with Crippen LogP contribution in [0.1, 0.15) is 25.7 Å². The van der Waals surface area contributed by atoms with Crippen molar-refractivity contribution in [3.8, 4) is 0 Å². The molecule has 5 nitrogen and oxygen atoms in total. The Labute approximate surface area is 112 Å². The Bertz CT molecular complexity index is 646. The van der Waals surface area contributed by atoms with Gasteiger partial charge in [-0.15, -0.1) is 3.89 Å². The van der Waals surface area contributed by atoms with E-state index in [9.17, 15) is 20.7 Å². The number of rotatable bonds is 4. The second-order valence-electron chi connectivity index (χ2n) is 4.51. The van der Waals surface area contributed by atoms with E-state index in [1.165, 1.54) is 0 Å². The molecule has 0 amide bonds. The third kappa shape index (κ3) is 3.52. The van der Waals surface area contributed by atoms with Crippen LogP contribution in [0.3, 0.4) is 0 Å². The summed E-state index contributed by atoms with van der Waals surface area (Å²) in [7, 11) is -8.48. The summed E-state index contributed by atoms with van der Waals surface area (Å²) >= 11 is 0. The Balaban J connectivity index is 2.21. The lowest BCUT2D eigenvalue weighted by molar-refractivity contribution is 0.548. The average molecular weight is 307 g/mol. The molecule has 1 aliphatic rings. The Kier molecular flexibility index (Phi) is 3.93. The summed E-state index contributed by atoms with van der Waals surface area (Å²) in [6, 6.07) is 3.99. The summed E-state index contributed by atoms with van der Waals surface area (Å²) < 4.78 is 60.5. The molecule has 2 rings (SSSR count). The molecule has 0 heterocycles. The standard InChI is InChI=1S/C11H14FNO4S2/c12-18(14,15)10-5-7-11(8-6-10)19(16,17)13-9-3-1-2-4-9/h5-9,13H,1-4H2. The van der Waals surface area contributed by atoms with Gasteiger partial charge in [0.05, 0.1) is 9.79 Å². The summed E-state index contributed by atoms with van der Waals surface area (Å²) in [5, 5.41) is 0. The summed E-state index contributed by atoms with van der Waals surface area (Å²) in [5.74, 6) is 0. The van der Waals surface area contributed by atoms with Crippen LogP contribution in [0.15, 0.2) is 34.1 Å². The minimum atomic E-state index is -4.80. The van der Waals surface area contributed by atoms with Crippen molar-refractivity contribution < 1.29 is 20.7 Å². The molecule has 0 aromatic heterocycles. The van der Waals surface area contributed by atoms with Crippen molar-refractivity contribution in [3.63, 3.8) is 0 Å². The first-order valence-electron chi connectivity index (χ1n) is 5.86. The van der Waals surface area contributed by atoms with E-state index < -0.39 is 25.1 Å². The molecule has 1 fully saturated rings. The molecule has 19 heavy (non-hydrogen) atoms. The van der Waals surface area contributed by atoms with Crippen LogP contribution in [0.25, 0.3) is 0 Å². The van der Waals surface area contributed by atoms with Gasteiger partial charge in [0, 0.05) is 6.04 Å². The lowest BCUT2D eigenvalue weighted by atomic mass is 10.3. The molecule has 1 aromatic carbocycles. The van der Waals surface area contributed by atoms with E-state index in [2.05, 4.69) is 4.72 Å². The number of halogens is 1. The van der Waals surface area contributed by atoms with E-state index in [1.54, 1.807) is 0 Å². The maximum absolute atomic E-state index is 12.7. The highest BCUT2D eigenvalue weighted by Crippen LogP contribution is 2.21. The van der Waals surface area contributed by atoms with Gasteiger partial charge in [-0.1, -0.05) is 12.8 Å². The van der Waals surface area contributed by atoms with Gasteiger partial charge in [-0.25, -0.2) is 13.1 Å². The molecule has 1 aromatic rings. The largest absolute Gasteiger partial charge is 0.332 e. The molecule has 0 atom stereocenters. The lowest BCUT2D eigenvalue weighted by Gasteiger charge is -2.12. The third-order valence-corrected chi connectivity index (χ3v) is 5.46. The highest BCUT2D eigenvalue weighted by Gasteiger charge is 2.23. The zero-order valence-corrected chi connectivity index (χ0v) is 11.7. The van der Waals surface area contributed by atoms with Gasteiger partial charge in [0.15, 0.2) is 0 Å². The molecule has 0 spiro atoms. The topological polar surface area (TPSA) is 80.3 Å². The summed E-state index contributed by atoms with van der Waals surface area (Å²) in [4.78, 5) is -0.612. The van der Waals surface area contributed by atoms with Gasteiger partial charge >= 0.3 is 10.2 Å². The summed E-state index contributed by atoms with van der Waals surface area (Å²) in [5.41, 5.74) is 0. The van der Waals surface area contributed by atoms with Crippen LogP contribution in [0, 0.1) is 0 Å². The zero-order chi connectivity index (χ0) is 14.1. The van der Waals surface area contributed by atoms with Crippen molar-refractivity contribution in [2.45, 2.75) is 41.5 Å². The van der Waals surface area contributed by atoms with Crippen molar-refractivity contribution in [2.24, 2.45) is 0 Å². The van der Waals surface area contributed by atoms with Gasteiger partial charge < -0.3 is 0 Å². The Morgan fingerprint density at radius 1 is 0.947 bits per heavy atom. The second-order valence-corrected chi connectivity index (χ2v) is 7.57. The van der Waals surface area contributed by atoms with Crippen molar-refractivity contribution in [1.29, 1.82) is 0 Å². The second kappa shape index (κ2) is 5.18. The van der Waals surface area contributed by atoms with Crippen LogP contribution in [0.5, 0.6) is 0 Å². The summed E-state index contributed by atoms with van der Waals surface area (Å²) in [6.07, 6.45) is 3.59. The maximum Gasteiger partial charge on any atom is 0.332 e. The Hall–Kier alpha value is -0.990. The van der Waals surface area contributed by atoms with Crippen molar-refractivity contribution in [3.05, 3.63) is 24.3 Å². The zero-order valence-electron chi connectivity index (χ0n) is 10.0. The normalized spacial score (nSPS) is 17.7. The van der Waals surface area contributed by atoms with Crippen LogP contribution < -0.4 is 4.72 Å². The van der Waals surface area contributed by atoms with Gasteiger partial charge in [0.25, 0.3) is 0 Å². The van der Waals surface area contributed by atoms with Crippen molar-refractivity contribution >= 4 is 20.2 Å². The molecule has 8 heteroatoms. The number of benzene rings is 1. The molecule has 0 saturated heterocycles. The molecule has 1 saturated carbocycles. The van der Waals surface area contributed by atoms with Crippen LogP contribution in [0.2, 0.25) is 0 Å². The Morgan fingerprint density at radius 3 is 1.89 bits per heavy atom. The molecule has 106 valence electrons. The van der Waals surface area contributed by atoms with E-state index in [4.69, 9.17) is 0 Å². The third-order valence-electron chi connectivity index (χ3n) is 3.09. The average Bonchev–Trinajstić information content (AvgIpc) is 2.80. The van der Waals surface area contributed by atoms with Gasteiger partial charge in [0.1, 0.15) is 0 Å². The van der Waals surface area contributed by atoms with E-state index in [0.29, 0.717) is 0 Å². The fraction of sp³-hybridized carbons (Fsp3) is 0.455. The molecule has 0 radical (unpaired) electrons. The van der Waals surface area contributed by atoms with E-state index in [-0.39, 0.29) is 10.9 Å². The molecule has 0 aliphatic heterocycles. The van der Waals surface area contributed by atoms with Crippen molar-refractivity contribution in [2.75, 3.05) is 0 Å². The smallest absolute Gasteiger partial charge is 0.208 e. The van der Waals surface area contributed by atoms with Crippen LogP contribution in [-0.4, -0.2) is 22.9 Å². The highest BCUT2D eigenvalue weighted by atomic mass is 32.3. The first-order valence-corrected chi connectivity index (χ1v) is 8.73. The maximum atomic E-state index is 12.7. The fourth-order valence-electron chi connectivity index (χ4n) is 2.11. The molecule has 0 unspecified atom stereocenters.